The lowest BCUT2D eigenvalue weighted by Crippen LogP contribution is -2.14. The highest BCUT2D eigenvalue weighted by Crippen LogP contribution is 2.24. The average molecular weight is 389 g/mol. The van der Waals surface area contributed by atoms with E-state index in [2.05, 4.69) is 44.4 Å². The summed E-state index contributed by atoms with van der Waals surface area (Å²) in [6.45, 7) is 5.28. The van der Waals surface area contributed by atoms with Gasteiger partial charge in [-0.1, -0.05) is 18.2 Å². The molecule has 0 saturated carbocycles. The third-order valence-electron chi connectivity index (χ3n) is 4.30. The van der Waals surface area contributed by atoms with E-state index >= 15 is 0 Å². The van der Waals surface area contributed by atoms with Gasteiger partial charge >= 0.3 is 0 Å². The summed E-state index contributed by atoms with van der Waals surface area (Å²) in [5.74, 6) is 1.99. The summed E-state index contributed by atoms with van der Waals surface area (Å²) in [6.07, 6.45) is 5.25. The molecule has 0 saturated heterocycles. The maximum atomic E-state index is 5.75. The molecule has 0 bridgehead atoms. The van der Waals surface area contributed by atoms with Gasteiger partial charge < -0.3 is 19.9 Å². The molecule has 8 nitrogen and oxygen atoms in total. The molecule has 148 valence electrons. The Labute approximate surface area is 169 Å². The highest BCUT2D eigenvalue weighted by molar-refractivity contribution is 5.84. The van der Waals surface area contributed by atoms with Crippen molar-refractivity contribution in [1.29, 1.82) is 0 Å². The molecule has 0 unspecified atom stereocenters. The number of fused-ring (bicyclic) bond motifs is 1. The van der Waals surface area contributed by atoms with Gasteiger partial charge in [0.2, 0.25) is 5.95 Å². The van der Waals surface area contributed by atoms with Crippen molar-refractivity contribution in [3.05, 3.63) is 61.2 Å². The highest BCUT2D eigenvalue weighted by Gasteiger charge is 2.15. The van der Waals surface area contributed by atoms with Crippen molar-refractivity contribution in [2.24, 2.45) is 0 Å². The molecule has 3 heterocycles. The van der Waals surface area contributed by atoms with Crippen LogP contribution in [0.1, 0.15) is 19.9 Å². The van der Waals surface area contributed by atoms with Gasteiger partial charge in [0.05, 0.1) is 24.8 Å². The van der Waals surface area contributed by atoms with Crippen LogP contribution in [0, 0.1) is 0 Å². The maximum Gasteiger partial charge on any atom is 0.231 e. The molecule has 0 fully saturated rings. The first-order chi connectivity index (χ1) is 14.2. The highest BCUT2D eigenvalue weighted by atomic mass is 16.5. The van der Waals surface area contributed by atoms with Gasteiger partial charge in [-0.25, -0.2) is 4.98 Å². The predicted molar refractivity (Wildman–Crippen MR) is 114 cm³/mol. The van der Waals surface area contributed by atoms with E-state index in [1.165, 1.54) is 0 Å². The molecule has 0 radical (unpaired) electrons. The maximum absolute atomic E-state index is 5.75. The first kappa shape index (κ1) is 18.7. The number of hydrogen-bond donors (Lipinski definition) is 2. The zero-order valence-electron chi connectivity index (χ0n) is 16.4. The van der Waals surface area contributed by atoms with Crippen molar-refractivity contribution in [2.45, 2.75) is 19.9 Å². The molecular weight excluding hydrogens is 366 g/mol. The fraction of sp³-hybridized carbons (Fsp3) is 0.238. The van der Waals surface area contributed by atoms with Crippen molar-refractivity contribution in [2.75, 3.05) is 23.8 Å². The van der Waals surface area contributed by atoms with Crippen LogP contribution in [-0.2, 0) is 0 Å². The summed E-state index contributed by atoms with van der Waals surface area (Å²) >= 11 is 0. The zero-order chi connectivity index (χ0) is 20.1. The van der Waals surface area contributed by atoms with Gasteiger partial charge in [-0.2, -0.15) is 9.97 Å². The Morgan fingerprint density at radius 1 is 1.07 bits per heavy atom. The largest absolute Gasteiger partial charge is 0.492 e. The molecule has 8 heteroatoms. The third kappa shape index (κ3) is 4.43. The molecule has 3 aromatic heterocycles. The second-order valence-corrected chi connectivity index (χ2v) is 6.77. The lowest BCUT2D eigenvalue weighted by atomic mass is 10.3. The van der Waals surface area contributed by atoms with Gasteiger partial charge in [0.15, 0.2) is 17.0 Å². The van der Waals surface area contributed by atoms with E-state index in [4.69, 9.17) is 4.74 Å². The Morgan fingerprint density at radius 2 is 1.93 bits per heavy atom. The first-order valence-electron chi connectivity index (χ1n) is 9.54. The van der Waals surface area contributed by atoms with E-state index in [-0.39, 0.29) is 6.04 Å². The molecule has 29 heavy (non-hydrogen) atoms. The van der Waals surface area contributed by atoms with Gasteiger partial charge in [-0.15, -0.1) is 0 Å². The number of para-hydroxylation sites is 1. The molecule has 4 rings (SSSR count). The summed E-state index contributed by atoms with van der Waals surface area (Å²) in [6, 6.07) is 13.7. The normalized spacial score (nSPS) is 11.0. The van der Waals surface area contributed by atoms with E-state index < -0.39 is 0 Å². The number of pyridine rings is 1. The van der Waals surface area contributed by atoms with Gasteiger partial charge in [0.1, 0.15) is 12.4 Å². The van der Waals surface area contributed by atoms with Gasteiger partial charge in [-0.3, -0.25) is 4.98 Å². The first-order valence-corrected chi connectivity index (χ1v) is 9.54. The van der Waals surface area contributed by atoms with Crippen LogP contribution in [0.4, 0.5) is 17.5 Å². The Bertz CT molecular complexity index is 1060. The Hall–Kier alpha value is -3.68. The minimum absolute atomic E-state index is 0.232. The summed E-state index contributed by atoms with van der Waals surface area (Å²) in [7, 11) is 0. The zero-order valence-corrected chi connectivity index (χ0v) is 16.4. The number of nitrogens with zero attached hydrogens (tertiary/aromatic N) is 5. The molecule has 0 amide bonds. The fourth-order valence-electron chi connectivity index (χ4n) is 2.89. The van der Waals surface area contributed by atoms with Crippen LogP contribution < -0.4 is 15.4 Å². The molecule has 4 aromatic rings. The van der Waals surface area contributed by atoms with Crippen LogP contribution in [0.3, 0.4) is 0 Å². The van der Waals surface area contributed by atoms with E-state index in [0.717, 1.165) is 22.6 Å². The fourth-order valence-corrected chi connectivity index (χ4v) is 2.89. The monoisotopic (exact) mass is 389 g/mol. The molecule has 0 aliphatic heterocycles. The number of ether oxygens (including phenoxy) is 1. The molecule has 1 aromatic carbocycles. The number of anilines is 3. The number of benzene rings is 1. The van der Waals surface area contributed by atoms with Gasteiger partial charge in [0.25, 0.3) is 0 Å². The van der Waals surface area contributed by atoms with Crippen LogP contribution in [-0.4, -0.2) is 37.7 Å². The standard InChI is InChI=1S/C21H23N7O/c1-15(2)28-14-24-18-19(23-11-12-29-17-8-4-3-5-9-17)26-21(27-20(18)28)25-16-7-6-10-22-13-16/h3-10,13-15H,11-12H2,1-2H3,(H2,23,25,26,27). The van der Waals surface area contributed by atoms with E-state index in [0.29, 0.717) is 24.9 Å². The van der Waals surface area contributed by atoms with Crippen molar-refractivity contribution >= 4 is 28.6 Å². The van der Waals surface area contributed by atoms with E-state index in [9.17, 15) is 0 Å². The second-order valence-electron chi connectivity index (χ2n) is 6.77. The van der Waals surface area contributed by atoms with Crippen LogP contribution in [0.2, 0.25) is 0 Å². The quantitative estimate of drug-likeness (QED) is 0.440. The smallest absolute Gasteiger partial charge is 0.231 e. The minimum Gasteiger partial charge on any atom is -0.492 e. The number of imidazole rings is 1. The van der Waals surface area contributed by atoms with Crippen LogP contribution in [0.15, 0.2) is 61.2 Å². The summed E-state index contributed by atoms with van der Waals surface area (Å²) < 4.78 is 7.78. The lowest BCUT2D eigenvalue weighted by molar-refractivity contribution is 0.333. The topological polar surface area (TPSA) is 89.8 Å². The Balaban J connectivity index is 1.55. The van der Waals surface area contributed by atoms with Crippen LogP contribution in [0.5, 0.6) is 5.75 Å². The number of aromatic nitrogens is 5. The van der Waals surface area contributed by atoms with Crippen molar-refractivity contribution in [3.8, 4) is 5.75 Å². The number of rotatable bonds is 8. The predicted octanol–water partition coefficient (Wildman–Crippen LogP) is 4.04. The van der Waals surface area contributed by atoms with E-state index in [1.807, 2.05) is 47.0 Å². The number of nitrogens with one attached hydrogen (secondary N) is 2. The average Bonchev–Trinajstić information content (AvgIpc) is 3.17. The molecule has 0 spiro atoms. The Morgan fingerprint density at radius 3 is 2.69 bits per heavy atom. The van der Waals surface area contributed by atoms with Crippen LogP contribution >= 0.6 is 0 Å². The summed E-state index contributed by atoms with van der Waals surface area (Å²) in [4.78, 5) is 17.9. The van der Waals surface area contributed by atoms with Crippen LogP contribution in [0.25, 0.3) is 11.2 Å². The molecular formula is C21H23N7O. The molecule has 0 atom stereocenters. The van der Waals surface area contributed by atoms with Gasteiger partial charge in [0, 0.05) is 12.2 Å². The van der Waals surface area contributed by atoms with Gasteiger partial charge in [-0.05, 0) is 38.1 Å². The summed E-state index contributed by atoms with van der Waals surface area (Å²) in [5, 5.41) is 6.54. The molecule has 0 aliphatic carbocycles. The van der Waals surface area contributed by atoms with Crippen molar-refractivity contribution in [1.82, 2.24) is 24.5 Å². The molecule has 2 N–H and O–H groups in total. The van der Waals surface area contributed by atoms with E-state index in [1.54, 1.807) is 18.7 Å². The Kier molecular flexibility index (Phi) is 5.51. The van der Waals surface area contributed by atoms with Crippen molar-refractivity contribution < 1.29 is 4.74 Å². The second kappa shape index (κ2) is 8.55. The number of hydrogen-bond acceptors (Lipinski definition) is 7. The SMILES string of the molecule is CC(C)n1cnc2c(NCCOc3ccccc3)nc(Nc3cccnc3)nc21. The minimum atomic E-state index is 0.232. The molecule has 0 aliphatic rings. The third-order valence-corrected chi connectivity index (χ3v) is 4.30. The lowest BCUT2D eigenvalue weighted by Gasteiger charge is -2.12. The summed E-state index contributed by atoms with van der Waals surface area (Å²) in [5.41, 5.74) is 2.32. The van der Waals surface area contributed by atoms with Crippen molar-refractivity contribution in [3.63, 3.8) is 0 Å².